The van der Waals surface area contributed by atoms with Crippen molar-refractivity contribution < 1.29 is 0 Å². The van der Waals surface area contributed by atoms with Crippen LogP contribution in [0.15, 0.2) is 12.4 Å². The Kier molecular flexibility index (Phi) is 3.24. The van der Waals surface area contributed by atoms with Gasteiger partial charge in [-0.1, -0.05) is 22.9 Å². The molecule has 1 saturated carbocycles. The number of hydrogen-bond acceptors (Lipinski definition) is 3. The summed E-state index contributed by atoms with van der Waals surface area (Å²) in [5, 5.41) is 0. The lowest BCUT2D eigenvalue weighted by atomic mass is 9.80. The fraction of sp³-hybridized carbons (Fsp3) is 0.636. The first-order valence-electron chi connectivity index (χ1n) is 5.37. The summed E-state index contributed by atoms with van der Waals surface area (Å²) in [7, 11) is 0. The van der Waals surface area contributed by atoms with Crippen LogP contribution in [0.5, 0.6) is 0 Å². The molecule has 1 fully saturated rings. The van der Waals surface area contributed by atoms with Gasteiger partial charge < -0.3 is 5.73 Å². The van der Waals surface area contributed by atoms with Crippen LogP contribution in [0, 0.1) is 5.92 Å². The first-order chi connectivity index (χ1) is 7.16. The first kappa shape index (κ1) is 10.9. The van der Waals surface area contributed by atoms with Crippen LogP contribution in [-0.4, -0.2) is 14.8 Å². The molecule has 3 atom stereocenters. The van der Waals surface area contributed by atoms with Gasteiger partial charge in [-0.05, 0) is 25.2 Å². The van der Waals surface area contributed by atoms with Crippen LogP contribution in [0.2, 0.25) is 0 Å². The first-order valence-corrected chi connectivity index (χ1v) is 6.29. The second-order valence-electron chi connectivity index (χ2n) is 4.43. The molecule has 82 valence electrons. The van der Waals surface area contributed by atoms with Crippen molar-refractivity contribution >= 4 is 21.7 Å². The Bertz CT molecular complexity index is 332. The van der Waals surface area contributed by atoms with Crippen molar-refractivity contribution in [1.29, 1.82) is 0 Å². The highest BCUT2D eigenvalue weighted by Gasteiger charge is 2.28. The van der Waals surface area contributed by atoms with Crippen LogP contribution < -0.4 is 5.73 Å². The minimum atomic E-state index is 0.465. The molecule has 0 saturated heterocycles. The Morgan fingerprint density at radius 3 is 2.67 bits per heavy atom. The van der Waals surface area contributed by atoms with Gasteiger partial charge in [-0.15, -0.1) is 0 Å². The quantitative estimate of drug-likeness (QED) is 0.798. The van der Waals surface area contributed by atoms with Crippen molar-refractivity contribution in [2.45, 2.75) is 36.9 Å². The number of nitrogens with zero attached hydrogens (tertiary/aromatic N) is 2. The summed E-state index contributed by atoms with van der Waals surface area (Å²) >= 11 is 3.70. The molecule has 0 aliphatic heterocycles. The van der Waals surface area contributed by atoms with Gasteiger partial charge in [0.1, 0.15) is 5.82 Å². The Hall–Kier alpha value is -0.640. The molecule has 0 aromatic carbocycles. The van der Waals surface area contributed by atoms with E-state index in [9.17, 15) is 0 Å². The normalized spacial score (nSPS) is 31.5. The summed E-state index contributed by atoms with van der Waals surface area (Å²) in [6.45, 7) is 2.28. The van der Waals surface area contributed by atoms with Gasteiger partial charge >= 0.3 is 0 Å². The monoisotopic (exact) mass is 269 g/mol. The highest BCUT2D eigenvalue weighted by Crippen LogP contribution is 2.39. The molecular formula is C11H16BrN3. The number of hydrogen-bond donors (Lipinski definition) is 1. The van der Waals surface area contributed by atoms with Gasteiger partial charge in [-0.2, -0.15) is 0 Å². The maximum Gasteiger partial charge on any atom is 0.145 e. The molecule has 3 unspecified atom stereocenters. The van der Waals surface area contributed by atoms with E-state index in [1.165, 1.54) is 12.8 Å². The third-order valence-electron chi connectivity index (χ3n) is 3.03. The third kappa shape index (κ3) is 2.48. The zero-order valence-corrected chi connectivity index (χ0v) is 10.4. The number of anilines is 1. The van der Waals surface area contributed by atoms with E-state index in [0.29, 0.717) is 16.6 Å². The average Bonchev–Trinajstić information content (AvgIpc) is 2.16. The van der Waals surface area contributed by atoms with Gasteiger partial charge in [0.2, 0.25) is 0 Å². The zero-order valence-electron chi connectivity index (χ0n) is 8.86. The topological polar surface area (TPSA) is 51.8 Å². The molecule has 0 bridgehead atoms. The van der Waals surface area contributed by atoms with Crippen molar-refractivity contribution in [2.75, 3.05) is 5.73 Å². The molecule has 1 aromatic heterocycles. The maximum absolute atomic E-state index is 5.85. The predicted octanol–water partition coefficient (Wildman–Crippen LogP) is 2.73. The van der Waals surface area contributed by atoms with Gasteiger partial charge in [0, 0.05) is 23.1 Å². The van der Waals surface area contributed by atoms with E-state index in [4.69, 9.17) is 5.73 Å². The molecule has 15 heavy (non-hydrogen) atoms. The smallest absolute Gasteiger partial charge is 0.145 e. The van der Waals surface area contributed by atoms with E-state index in [0.717, 1.165) is 18.0 Å². The second kappa shape index (κ2) is 4.47. The minimum absolute atomic E-state index is 0.465. The highest BCUT2D eigenvalue weighted by atomic mass is 79.9. The van der Waals surface area contributed by atoms with E-state index in [2.05, 4.69) is 32.8 Å². The number of nitrogen functional groups attached to an aromatic ring is 1. The average molecular weight is 270 g/mol. The molecule has 1 heterocycles. The minimum Gasteiger partial charge on any atom is -0.382 e. The van der Waals surface area contributed by atoms with Crippen LogP contribution in [0.1, 0.15) is 37.8 Å². The molecule has 4 heteroatoms. The van der Waals surface area contributed by atoms with Crippen LogP contribution in [0.3, 0.4) is 0 Å². The Morgan fingerprint density at radius 2 is 2.00 bits per heavy atom. The van der Waals surface area contributed by atoms with Gasteiger partial charge in [0.15, 0.2) is 0 Å². The summed E-state index contributed by atoms with van der Waals surface area (Å²) in [6, 6.07) is 0. The van der Waals surface area contributed by atoms with Crippen molar-refractivity contribution in [3.05, 3.63) is 18.1 Å². The highest BCUT2D eigenvalue weighted by molar-refractivity contribution is 9.09. The predicted molar refractivity (Wildman–Crippen MR) is 64.9 cm³/mol. The lowest BCUT2D eigenvalue weighted by molar-refractivity contribution is 0.351. The van der Waals surface area contributed by atoms with Crippen molar-refractivity contribution in [3.63, 3.8) is 0 Å². The molecule has 1 aliphatic carbocycles. The fourth-order valence-corrected chi connectivity index (χ4v) is 3.51. The molecule has 1 aliphatic rings. The van der Waals surface area contributed by atoms with Gasteiger partial charge in [-0.3, -0.25) is 4.98 Å². The van der Waals surface area contributed by atoms with E-state index in [1.54, 1.807) is 12.4 Å². The van der Waals surface area contributed by atoms with Gasteiger partial charge in [-0.25, -0.2) is 4.98 Å². The number of halogens is 1. The molecule has 0 spiro atoms. The van der Waals surface area contributed by atoms with Crippen molar-refractivity contribution in [2.24, 2.45) is 5.92 Å². The van der Waals surface area contributed by atoms with E-state index < -0.39 is 0 Å². The van der Waals surface area contributed by atoms with Crippen LogP contribution in [0.4, 0.5) is 5.82 Å². The van der Waals surface area contributed by atoms with E-state index in [-0.39, 0.29) is 0 Å². The number of alkyl halides is 1. The third-order valence-corrected chi connectivity index (χ3v) is 3.78. The zero-order chi connectivity index (χ0) is 10.8. The lowest BCUT2D eigenvalue weighted by Crippen LogP contribution is -2.21. The fourth-order valence-electron chi connectivity index (χ4n) is 2.42. The van der Waals surface area contributed by atoms with Crippen LogP contribution in [-0.2, 0) is 0 Å². The van der Waals surface area contributed by atoms with Gasteiger partial charge in [0.25, 0.3) is 0 Å². The Balaban J connectivity index is 2.20. The van der Waals surface area contributed by atoms with Crippen molar-refractivity contribution in [1.82, 2.24) is 9.97 Å². The molecule has 2 rings (SSSR count). The summed E-state index contributed by atoms with van der Waals surface area (Å²) in [6.07, 6.45) is 6.92. The second-order valence-corrected chi connectivity index (χ2v) is 5.73. The Morgan fingerprint density at radius 1 is 1.27 bits per heavy atom. The van der Waals surface area contributed by atoms with Crippen molar-refractivity contribution in [3.8, 4) is 0 Å². The molecule has 2 N–H and O–H groups in total. The molecule has 0 radical (unpaired) electrons. The standard InChI is InChI=1S/C11H16BrN3/c1-7-4-8(6-9(12)5-7)10-11(13)15-3-2-14-10/h2-3,7-9H,4-6H2,1H3,(H2,13,15). The summed E-state index contributed by atoms with van der Waals surface area (Å²) in [5.74, 6) is 1.79. The number of rotatable bonds is 1. The molecular weight excluding hydrogens is 254 g/mol. The van der Waals surface area contributed by atoms with Crippen LogP contribution >= 0.6 is 15.9 Å². The largest absolute Gasteiger partial charge is 0.382 e. The van der Waals surface area contributed by atoms with E-state index in [1.807, 2.05) is 0 Å². The SMILES string of the molecule is CC1CC(Br)CC(c2nccnc2N)C1. The number of aromatic nitrogens is 2. The number of nitrogens with two attached hydrogens (primary N) is 1. The summed E-state index contributed by atoms with van der Waals surface area (Å²) in [5.41, 5.74) is 6.83. The molecule has 3 nitrogen and oxygen atoms in total. The lowest BCUT2D eigenvalue weighted by Gasteiger charge is -2.30. The summed E-state index contributed by atoms with van der Waals surface area (Å²) < 4.78 is 0. The van der Waals surface area contributed by atoms with Gasteiger partial charge in [0.05, 0.1) is 5.69 Å². The molecule has 1 aromatic rings. The van der Waals surface area contributed by atoms with Crippen LogP contribution in [0.25, 0.3) is 0 Å². The molecule has 0 amide bonds. The maximum atomic E-state index is 5.85. The Labute approximate surface area is 98.6 Å². The summed E-state index contributed by atoms with van der Waals surface area (Å²) in [4.78, 5) is 9.06. The van der Waals surface area contributed by atoms with E-state index >= 15 is 0 Å².